The summed E-state index contributed by atoms with van der Waals surface area (Å²) in [7, 11) is -4.32. The molecular formula is C22H18F2N4O3S. The second-order valence-corrected chi connectivity index (χ2v) is 8.61. The molecule has 3 heterocycles. The number of halogens is 2. The SMILES string of the molecule is [2H]C([2H])(C)CS(=O)(=O)Nc1ccc(F)c(C(=O)c2c[nH]c3ncc(-c4cccnc4)cc23)c1F. The van der Waals surface area contributed by atoms with Crippen molar-refractivity contribution >= 4 is 32.5 Å². The number of nitrogens with zero attached hydrogens (tertiary/aromatic N) is 2. The van der Waals surface area contributed by atoms with Crippen molar-refractivity contribution in [2.24, 2.45) is 0 Å². The number of hydrogen-bond donors (Lipinski definition) is 2. The number of H-pyrrole nitrogens is 1. The number of pyridine rings is 2. The molecule has 0 aliphatic rings. The van der Waals surface area contributed by atoms with Gasteiger partial charge in [0, 0.05) is 49.6 Å². The Morgan fingerprint density at radius 3 is 2.75 bits per heavy atom. The van der Waals surface area contributed by atoms with Crippen LogP contribution in [0, 0.1) is 11.6 Å². The molecule has 0 fully saturated rings. The third-order valence-corrected chi connectivity index (χ3v) is 5.89. The fourth-order valence-corrected chi connectivity index (χ4v) is 4.20. The number of sulfonamides is 1. The largest absolute Gasteiger partial charge is 0.345 e. The Labute approximate surface area is 185 Å². The van der Waals surface area contributed by atoms with E-state index in [9.17, 15) is 17.6 Å². The third-order valence-electron chi connectivity index (χ3n) is 4.69. The first-order valence-corrected chi connectivity index (χ1v) is 11.0. The summed E-state index contributed by atoms with van der Waals surface area (Å²) in [5.41, 5.74) is -0.00298. The molecule has 10 heteroatoms. The van der Waals surface area contributed by atoms with Crippen LogP contribution in [0.15, 0.2) is 55.1 Å². The van der Waals surface area contributed by atoms with Gasteiger partial charge in [-0.3, -0.25) is 14.5 Å². The molecule has 0 amide bonds. The van der Waals surface area contributed by atoms with E-state index in [0.29, 0.717) is 16.6 Å². The highest BCUT2D eigenvalue weighted by molar-refractivity contribution is 7.92. The number of aromatic amines is 1. The van der Waals surface area contributed by atoms with Crippen molar-refractivity contribution in [2.75, 3.05) is 10.5 Å². The monoisotopic (exact) mass is 458 g/mol. The molecule has 0 saturated heterocycles. The van der Waals surface area contributed by atoms with Crippen molar-refractivity contribution in [3.05, 3.63) is 77.9 Å². The number of carbonyl (C=O) groups is 1. The molecule has 2 N–H and O–H groups in total. The van der Waals surface area contributed by atoms with Gasteiger partial charge in [0.25, 0.3) is 0 Å². The van der Waals surface area contributed by atoms with Crippen LogP contribution in [0.4, 0.5) is 14.5 Å². The predicted octanol–water partition coefficient (Wildman–Crippen LogP) is 4.29. The zero-order chi connectivity index (χ0) is 24.7. The van der Waals surface area contributed by atoms with Crippen LogP contribution in [-0.2, 0) is 10.0 Å². The molecule has 0 atom stereocenters. The first-order valence-electron chi connectivity index (χ1n) is 10.4. The summed E-state index contributed by atoms with van der Waals surface area (Å²) in [6.07, 6.45) is 3.94. The van der Waals surface area contributed by atoms with Gasteiger partial charge >= 0.3 is 0 Å². The van der Waals surface area contributed by atoms with Crippen LogP contribution < -0.4 is 4.72 Å². The number of ketones is 1. The number of nitrogens with one attached hydrogen (secondary N) is 2. The molecule has 4 rings (SSSR count). The van der Waals surface area contributed by atoms with Crippen LogP contribution in [0.1, 0.15) is 32.0 Å². The van der Waals surface area contributed by atoms with E-state index in [1.54, 1.807) is 36.8 Å². The van der Waals surface area contributed by atoms with Crippen molar-refractivity contribution in [2.45, 2.75) is 13.3 Å². The molecule has 0 radical (unpaired) electrons. The van der Waals surface area contributed by atoms with Crippen molar-refractivity contribution in [1.29, 1.82) is 0 Å². The molecule has 0 saturated carbocycles. The molecule has 3 aromatic heterocycles. The van der Waals surface area contributed by atoms with E-state index < -0.39 is 50.8 Å². The molecule has 32 heavy (non-hydrogen) atoms. The van der Waals surface area contributed by atoms with Gasteiger partial charge in [-0.1, -0.05) is 13.0 Å². The smallest absolute Gasteiger partial charge is 0.232 e. The summed E-state index contributed by atoms with van der Waals surface area (Å²) in [5, 5.41) is 0.315. The molecule has 164 valence electrons. The normalized spacial score (nSPS) is 13.0. The van der Waals surface area contributed by atoms with Gasteiger partial charge in [-0.15, -0.1) is 0 Å². The minimum Gasteiger partial charge on any atom is -0.345 e. The minimum absolute atomic E-state index is 0.0593. The predicted molar refractivity (Wildman–Crippen MR) is 117 cm³/mol. The lowest BCUT2D eigenvalue weighted by molar-refractivity contribution is 0.103. The molecule has 0 unspecified atom stereocenters. The second kappa shape index (κ2) is 8.46. The number of anilines is 1. The number of rotatable bonds is 7. The summed E-state index contributed by atoms with van der Waals surface area (Å²) >= 11 is 0. The maximum atomic E-state index is 15.2. The van der Waals surface area contributed by atoms with Crippen LogP contribution in [0.5, 0.6) is 0 Å². The zero-order valence-corrected chi connectivity index (χ0v) is 17.5. The van der Waals surface area contributed by atoms with E-state index in [1.165, 1.54) is 6.20 Å². The summed E-state index contributed by atoms with van der Waals surface area (Å²) in [6, 6.07) is 6.75. The lowest BCUT2D eigenvalue weighted by atomic mass is 10.00. The van der Waals surface area contributed by atoms with Crippen molar-refractivity contribution in [1.82, 2.24) is 15.0 Å². The van der Waals surface area contributed by atoms with Gasteiger partial charge in [0.15, 0.2) is 5.82 Å². The first-order chi connectivity index (χ1) is 16.0. The number of benzene rings is 1. The van der Waals surface area contributed by atoms with Crippen LogP contribution >= 0.6 is 0 Å². The maximum Gasteiger partial charge on any atom is 0.232 e. The zero-order valence-electron chi connectivity index (χ0n) is 18.7. The van der Waals surface area contributed by atoms with Gasteiger partial charge in [-0.25, -0.2) is 22.2 Å². The van der Waals surface area contributed by atoms with Crippen LogP contribution in [-0.4, -0.2) is 34.9 Å². The summed E-state index contributed by atoms with van der Waals surface area (Å²) in [4.78, 5) is 24.3. The third kappa shape index (κ3) is 4.09. The van der Waals surface area contributed by atoms with E-state index in [2.05, 4.69) is 15.0 Å². The highest BCUT2D eigenvalue weighted by Gasteiger charge is 2.26. The van der Waals surface area contributed by atoms with Crippen LogP contribution in [0.2, 0.25) is 0 Å². The van der Waals surface area contributed by atoms with Gasteiger partial charge in [-0.2, -0.15) is 0 Å². The lowest BCUT2D eigenvalue weighted by Crippen LogP contribution is -2.18. The molecule has 0 aliphatic carbocycles. The fourth-order valence-electron chi connectivity index (χ4n) is 3.25. The molecule has 1 aromatic carbocycles. The van der Waals surface area contributed by atoms with E-state index in [-0.39, 0.29) is 5.56 Å². The van der Waals surface area contributed by atoms with Gasteiger partial charge < -0.3 is 4.98 Å². The Hall–Kier alpha value is -3.66. The average Bonchev–Trinajstić information content (AvgIpc) is 3.18. The quantitative estimate of drug-likeness (QED) is 0.402. The summed E-state index contributed by atoms with van der Waals surface area (Å²) in [5.74, 6) is -4.55. The highest BCUT2D eigenvalue weighted by Crippen LogP contribution is 2.29. The number of carbonyl (C=O) groups excluding carboxylic acids is 1. The second-order valence-electron chi connectivity index (χ2n) is 6.89. The average molecular weight is 458 g/mol. The molecule has 0 spiro atoms. The van der Waals surface area contributed by atoms with E-state index in [4.69, 9.17) is 2.74 Å². The van der Waals surface area contributed by atoms with E-state index >= 15 is 4.39 Å². The van der Waals surface area contributed by atoms with Crippen molar-refractivity contribution < 1.29 is 24.7 Å². The van der Waals surface area contributed by atoms with Gasteiger partial charge in [-0.05, 0) is 30.6 Å². The van der Waals surface area contributed by atoms with Gasteiger partial charge in [0.2, 0.25) is 15.8 Å². The Morgan fingerprint density at radius 1 is 1.22 bits per heavy atom. The lowest BCUT2D eigenvalue weighted by Gasteiger charge is -2.11. The Morgan fingerprint density at radius 2 is 2.03 bits per heavy atom. The van der Waals surface area contributed by atoms with Crippen molar-refractivity contribution in [3.8, 4) is 11.1 Å². The minimum atomic E-state index is -4.32. The molecule has 0 aliphatic heterocycles. The molecule has 4 aromatic rings. The molecule has 7 nitrogen and oxygen atoms in total. The van der Waals surface area contributed by atoms with E-state index in [1.807, 2.05) is 4.72 Å². The Kier molecular flexibility index (Phi) is 5.04. The summed E-state index contributed by atoms with van der Waals surface area (Å²) in [6.45, 7) is 1.05. The summed E-state index contributed by atoms with van der Waals surface area (Å²) < 4.78 is 70.9. The number of hydrogen-bond acceptors (Lipinski definition) is 5. The molecule has 0 bridgehead atoms. The highest BCUT2D eigenvalue weighted by atomic mass is 32.2. The Bertz CT molecular complexity index is 1500. The number of aromatic nitrogens is 3. The fraction of sp³-hybridized carbons (Fsp3) is 0.136. The van der Waals surface area contributed by atoms with E-state index in [0.717, 1.165) is 24.6 Å². The Balaban J connectivity index is 1.76. The topological polar surface area (TPSA) is 105 Å². The van der Waals surface area contributed by atoms with Gasteiger partial charge in [0.05, 0.1) is 17.0 Å². The van der Waals surface area contributed by atoms with Crippen LogP contribution in [0.3, 0.4) is 0 Å². The van der Waals surface area contributed by atoms with Gasteiger partial charge in [0.1, 0.15) is 11.5 Å². The first kappa shape index (κ1) is 19.1. The maximum absolute atomic E-state index is 15.2. The van der Waals surface area contributed by atoms with Crippen molar-refractivity contribution in [3.63, 3.8) is 0 Å². The standard InChI is InChI=1S/C22H18F2N4O3S/c1-2-8-32(30,31)28-18-6-5-17(23)19(20(18)24)21(29)16-12-27-22-15(16)9-14(11-26-22)13-4-3-7-25-10-13/h3-7,9-12,28H,2,8H2,1H3,(H,26,27)/i2D2. The number of fused-ring (bicyclic) bond motifs is 1. The van der Waals surface area contributed by atoms with Crippen LogP contribution in [0.25, 0.3) is 22.2 Å². The molecular weight excluding hydrogens is 438 g/mol.